The summed E-state index contributed by atoms with van der Waals surface area (Å²) in [6, 6.07) is 0. The zero-order valence-electron chi connectivity index (χ0n) is 37.0. The first-order valence-electron chi connectivity index (χ1n) is 22.5. The summed E-state index contributed by atoms with van der Waals surface area (Å²) in [4.78, 5) is 35.6. The lowest BCUT2D eigenvalue weighted by Gasteiger charge is -2.41. The lowest BCUT2D eigenvalue weighted by atomic mass is 9.85. The Morgan fingerprint density at radius 2 is 1.13 bits per heavy atom. The monoisotopic (exact) mass is 897 g/mol. The van der Waals surface area contributed by atoms with Crippen molar-refractivity contribution in [3.8, 4) is 0 Å². The molecule has 1 rings (SSSR count). The number of hydrogen-bond acceptors (Lipinski definition) is 13. The maximum atomic E-state index is 12.8. The summed E-state index contributed by atoms with van der Waals surface area (Å²) >= 11 is 0. The molecule has 1 aliphatic rings. The first-order valence-corrected chi connectivity index (χ1v) is 24.0. The summed E-state index contributed by atoms with van der Waals surface area (Å²) in [5.74, 6) is -1.23. The maximum absolute atomic E-state index is 12.8. The van der Waals surface area contributed by atoms with E-state index < -0.39 is 81.8 Å². The third kappa shape index (κ3) is 28.6. The Morgan fingerprint density at radius 1 is 0.597 bits per heavy atom. The molecule has 14 nitrogen and oxygen atoms in total. The molecule has 9 atom stereocenters. The van der Waals surface area contributed by atoms with Gasteiger partial charge in [0.25, 0.3) is 0 Å². The number of carbonyl (C=O) groups excluding carboxylic acids is 2. The number of esters is 2. The molecule has 354 valence electrons. The highest BCUT2D eigenvalue weighted by Gasteiger charge is 2.51. The molecule has 62 heavy (non-hydrogen) atoms. The smallest absolute Gasteiger partial charge is 0.462 e. The largest absolute Gasteiger partial charge is 0.472 e. The van der Waals surface area contributed by atoms with Gasteiger partial charge in [-0.1, -0.05) is 131 Å². The number of aliphatic hydroxyl groups is 6. The van der Waals surface area contributed by atoms with Crippen molar-refractivity contribution in [2.75, 3.05) is 13.2 Å². The molecule has 15 heteroatoms. The zero-order valence-corrected chi connectivity index (χ0v) is 37.9. The Kier molecular flexibility index (Phi) is 33.4. The molecule has 0 aromatic heterocycles. The topological polar surface area (TPSA) is 230 Å². The van der Waals surface area contributed by atoms with Crippen LogP contribution in [0.2, 0.25) is 0 Å². The van der Waals surface area contributed by atoms with Crippen LogP contribution in [-0.2, 0) is 32.7 Å². The van der Waals surface area contributed by atoms with Crippen LogP contribution in [-0.4, -0.2) is 110 Å². The molecule has 0 aromatic carbocycles. The molecule has 0 amide bonds. The van der Waals surface area contributed by atoms with Gasteiger partial charge in [-0.3, -0.25) is 18.6 Å². The third-order valence-electron chi connectivity index (χ3n) is 9.80. The summed E-state index contributed by atoms with van der Waals surface area (Å²) in [5, 5.41) is 60.0. The quantitative estimate of drug-likeness (QED) is 0.0108. The SMILES string of the molecule is CC/C=C/CC(O)/C=C/C=C/CCCCCCCC(=O)OC[C@H](COP(=O)(O)OC1[C@H](O)[C@H](O)C(O)[C@H](O)[C@H]1O)OC(=O)CCC/C=C\C/C=C\C/C=C\C/C=C\CCCCC. The molecule has 0 spiro atoms. The Balaban J connectivity index is 2.56. The molecule has 0 heterocycles. The van der Waals surface area contributed by atoms with Crippen LogP contribution >= 0.6 is 7.82 Å². The first-order chi connectivity index (χ1) is 29.8. The number of unbranched alkanes of at least 4 members (excludes halogenated alkanes) is 9. The van der Waals surface area contributed by atoms with E-state index in [1.165, 1.54) is 19.3 Å². The fraction of sp³-hybridized carbons (Fsp3) is 0.660. The van der Waals surface area contributed by atoms with Crippen molar-refractivity contribution in [3.63, 3.8) is 0 Å². The Hall–Kier alpha value is -3.01. The van der Waals surface area contributed by atoms with E-state index in [1.807, 2.05) is 49.5 Å². The molecular formula is C47H77O14P. The van der Waals surface area contributed by atoms with Gasteiger partial charge in [0.15, 0.2) is 6.10 Å². The van der Waals surface area contributed by atoms with Crippen LogP contribution in [0.15, 0.2) is 85.1 Å². The lowest BCUT2D eigenvalue weighted by molar-refractivity contribution is -0.220. The summed E-state index contributed by atoms with van der Waals surface area (Å²) in [6.07, 6.45) is 29.7. The van der Waals surface area contributed by atoms with E-state index in [0.717, 1.165) is 64.2 Å². The van der Waals surface area contributed by atoms with Crippen molar-refractivity contribution in [1.29, 1.82) is 0 Å². The molecule has 1 saturated carbocycles. The number of aliphatic hydroxyl groups excluding tert-OH is 6. The van der Waals surface area contributed by atoms with Gasteiger partial charge >= 0.3 is 19.8 Å². The van der Waals surface area contributed by atoms with E-state index in [0.29, 0.717) is 25.7 Å². The van der Waals surface area contributed by atoms with Crippen molar-refractivity contribution < 1.29 is 68.2 Å². The average Bonchev–Trinajstić information content (AvgIpc) is 3.25. The van der Waals surface area contributed by atoms with Crippen molar-refractivity contribution >= 4 is 19.8 Å². The van der Waals surface area contributed by atoms with Gasteiger partial charge in [0, 0.05) is 12.8 Å². The molecule has 0 bridgehead atoms. The predicted molar refractivity (Wildman–Crippen MR) is 241 cm³/mol. The van der Waals surface area contributed by atoms with Crippen LogP contribution in [0.4, 0.5) is 0 Å². The number of hydrogen-bond donors (Lipinski definition) is 7. The maximum Gasteiger partial charge on any atom is 0.472 e. The van der Waals surface area contributed by atoms with Crippen LogP contribution in [0.1, 0.15) is 136 Å². The number of allylic oxidation sites excluding steroid dienone is 12. The van der Waals surface area contributed by atoms with Gasteiger partial charge in [-0.15, -0.1) is 0 Å². The summed E-state index contributed by atoms with van der Waals surface area (Å²) in [6.45, 7) is 2.97. The number of phosphoric acid groups is 1. The fourth-order valence-corrected chi connectivity index (χ4v) is 7.11. The molecule has 1 aliphatic carbocycles. The number of rotatable bonds is 35. The number of phosphoric ester groups is 1. The van der Waals surface area contributed by atoms with E-state index in [2.05, 4.69) is 43.4 Å². The molecule has 4 unspecified atom stereocenters. The van der Waals surface area contributed by atoms with Crippen LogP contribution in [0.25, 0.3) is 0 Å². The highest BCUT2D eigenvalue weighted by Crippen LogP contribution is 2.47. The molecular weight excluding hydrogens is 819 g/mol. The second kappa shape index (κ2) is 36.3. The minimum Gasteiger partial charge on any atom is -0.462 e. The molecule has 0 aliphatic heterocycles. The van der Waals surface area contributed by atoms with Crippen molar-refractivity contribution in [2.24, 2.45) is 0 Å². The van der Waals surface area contributed by atoms with E-state index in [4.69, 9.17) is 18.5 Å². The van der Waals surface area contributed by atoms with Crippen molar-refractivity contribution in [1.82, 2.24) is 0 Å². The van der Waals surface area contributed by atoms with E-state index in [-0.39, 0.29) is 12.8 Å². The van der Waals surface area contributed by atoms with Crippen molar-refractivity contribution in [3.05, 3.63) is 85.1 Å². The van der Waals surface area contributed by atoms with Crippen molar-refractivity contribution in [2.45, 2.75) is 185 Å². The fourth-order valence-electron chi connectivity index (χ4n) is 6.14. The molecule has 1 fully saturated rings. The van der Waals surface area contributed by atoms with E-state index >= 15 is 0 Å². The Morgan fingerprint density at radius 3 is 1.76 bits per heavy atom. The Labute approximate surface area is 370 Å². The normalized spacial score (nSPS) is 23.2. The summed E-state index contributed by atoms with van der Waals surface area (Å²) < 4.78 is 33.4. The molecule has 0 saturated heterocycles. The van der Waals surface area contributed by atoms with Gasteiger partial charge < -0.3 is 45.0 Å². The third-order valence-corrected chi connectivity index (χ3v) is 10.8. The predicted octanol–water partition coefficient (Wildman–Crippen LogP) is 7.47. The number of ether oxygens (including phenoxy) is 2. The van der Waals surface area contributed by atoms with Gasteiger partial charge in [0.1, 0.15) is 43.2 Å². The highest BCUT2D eigenvalue weighted by atomic mass is 31.2. The van der Waals surface area contributed by atoms with Crippen LogP contribution in [0.3, 0.4) is 0 Å². The van der Waals surface area contributed by atoms with Crippen LogP contribution in [0.5, 0.6) is 0 Å². The van der Waals surface area contributed by atoms with Gasteiger partial charge in [-0.2, -0.15) is 0 Å². The highest BCUT2D eigenvalue weighted by molar-refractivity contribution is 7.47. The zero-order chi connectivity index (χ0) is 45.9. The summed E-state index contributed by atoms with van der Waals surface area (Å²) in [7, 11) is -5.15. The van der Waals surface area contributed by atoms with E-state index in [1.54, 1.807) is 6.08 Å². The van der Waals surface area contributed by atoms with Gasteiger partial charge in [0.05, 0.1) is 12.7 Å². The molecule has 0 aromatic rings. The minimum atomic E-state index is -5.15. The van der Waals surface area contributed by atoms with Gasteiger partial charge in [0.2, 0.25) is 0 Å². The first kappa shape index (κ1) is 57.0. The average molecular weight is 897 g/mol. The summed E-state index contributed by atoms with van der Waals surface area (Å²) in [5.41, 5.74) is 0. The number of carbonyl (C=O) groups is 2. The molecule has 0 radical (unpaired) electrons. The van der Waals surface area contributed by atoms with E-state index in [9.17, 15) is 49.7 Å². The van der Waals surface area contributed by atoms with Gasteiger partial charge in [-0.25, -0.2) is 4.57 Å². The second-order valence-corrected chi connectivity index (χ2v) is 16.8. The molecule has 7 N–H and O–H groups in total. The lowest BCUT2D eigenvalue weighted by Crippen LogP contribution is -2.64. The second-order valence-electron chi connectivity index (χ2n) is 15.4. The minimum absolute atomic E-state index is 0.000869. The van der Waals surface area contributed by atoms with Gasteiger partial charge in [-0.05, 0) is 77.0 Å². The van der Waals surface area contributed by atoms with Crippen LogP contribution in [0, 0.1) is 0 Å². The standard InChI is InChI=1S/C47H77O14P/c1-3-5-7-8-9-10-11-12-13-14-15-16-17-20-24-27-31-35-41(50)60-39(37-59-62(56,57)61-47-45(54)43(52)42(51)44(53)46(47)55)36-58-40(49)34-30-26-23-21-18-19-22-25-29-33-38(48)32-28-6-4-2/h6,9-10,12-13,15-16,20,22,24-25,28-29,33,38-39,42-48,51-55H,3-5,7-8,11,14,17-19,21,23,26-27,30-32,34-37H2,1-2H3,(H,56,57)/b10-9-,13-12-,16-15-,24-20-,25-22+,28-6+,33-29+/t38?,39-,42?,43-,44+,45-,46-,47?/m1/s1. The van der Waals surface area contributed by atoms with Crippen LogP contribution < -0.4 is 0 Å². The Bertz CT molecular complexity index is 1420.